The first-order valence-electron chi connectivity index (χ1n) is 5.19. The van der Waals surface area contributed by atoms with Crippen LogP contribution in [0.1, 0.15) is 31.7 Å². The highest BCUT2D eigenvalue weighted by Crippen LogP contribution is 2.18. The number of nitrogens with two attached hydrogens (primary N) is 1. The molecule has 1 rings (SSSR count). The minimum absolute atomic E-state index is 0.874. The van der Waals surface area contributed by atoms with E-state index < -0.39 is 0 Å². The van der Waals surface area contributed by atoms with Crippen molar-refractivity contribution in [2.75, 3.05) is 5.73 Å². The van der Waals surface area contributed by atoms with Gasteiger partial charge in [0.15, 0.2) is 0 Å². The van der Waals surface area contributed by atoms with Gasteiger partial charge in [-0.3, -0.25) is 4.68 Å². The molecule has 1 aromatic heterocycles. The molecular weight excluding hydrogens is 174 g/mol. The first-order valence-corrected chi connectivity index (χ1v) is 5.19. The van der Waals surface area contributed by atoms with Gasteiger partial charge in [-0.25, -0.2) is 0 Å². The summed E-state index contributed by atoms with van der Waals surface area (Å²) >= 11 is 0. The van der Waals surface area contributed by atoms with Crippen molar-refractivity contribution in [1.29, 1.82) is 0 Å². The summed E-state index contributed by atoms with van der Waals surface area (Å²) in [6.07, 6.45) is 4.69. The molecule has 0 fully saturated rings. The van der Waals surface area contributed by atoms with E-state index in [1.54, 1.807) is 0 Å². The zero-order chi connectivity index (χ0) is 10.6. The maximum Gasteiger partial charge on any atom is 0.0854 e. The van der Waals surface area contributed by atoms with Crippen molar-refractivity contribution in [3.05, 3.63) is 24.0 Å². The van der Waals surface area contributed by atoms with Gasteiger partial charge in [-0.2, -0.15) is 5.10 Å². The van der Waals surface area contributed by atoms with Crippen molar-refractivity contribution in [3.63, 3.8) is 0 Å². The number of rotatable bonds is 5. The van der Waals surface area contributed by atoms with E-state index in [1.165, 1.54) is 0 Å². The molecule has 2 N–H and O–H groups in total. The maximum absolute atomic E-state index is 5.99. The Morgan fingerprint density at radius 1 is 1.43 bits per heavy atom. The second-order valence-electron chi connectivity index (χ2n) is 3.31. The van der Waals surface area contributed by atoms with Gasteiger partial charge in [0.1, 0.15) is 0 Å². The summed E-state index contributed by atoms with van der Waals surface area (Å²) in [6.45, 7) is 8.78. The van der Waals surface area contributed by atoms with Crippen LogP contribution in [0.3, 0.4) is 0 Å². The van der Waals surface area contributed by atoms with Crippen LogP contribution in [-0.2, 0) is 19.4 Å². The lowest BCUT2D eigenvalue weighted by atomic mass is 10.2. The standard InChI is InChI=1S/C11H19N3/c1-4-7-8-14-10(6-3)11(12)9(5-2)13-14/h4H,1,5-8,12H2,2-3H3. The smallest absolute Gasteiger partial charge is 0.0854 e. The van der Waals surface area contributed by atoms with Crippen LogP contribution < -0.4 is 5.73 Å². The van der Waals surface area contributed by atoms with Crippen LogP contribution in [0, 0.1) is 0 Å². The largest absolute Gasteiger partial charge is 0.396 e. The molecule has 0 saturated heterocycles. The zero-order valence-corrected chi connectivity index (χ0v) is 9.08. The molecule has 0 aromatic carbocycles. The number of aromatic nitrogens is 2. The molecule has 0 unspecified atom stereocenters. The summed E-state index contributed by atoms with van der Waals surface area (Å²) in [6, 6.07) is 0. The Morgan fingerprint density at radius 3 is 2.64 bits per heavy atom. The van der Waals surface area contributed by atoms with Gasteiger partial charge < -0.3 is 5.73 Å². The number of nitrogen functional groups attached to an aromatic ring is 1. The molecule has 0 radical (unpaired) electrons. The van der Waals surface area contributed by atoms with Crippen molar-refractivity contribution in [2.45, 2.75) is 39.7 Å². The number of allylic oxidation sites excluding steroid dienone is 1. The van der Waals surface area contributed by atoms with E-state index in [2.05, 4.69) is 25.5 Å². The van der Waals surface area contributed by atoms with E-state index in [4.69, 9.17) is 5.73 Å². The molecule has 0 bridgehead atoms. The van der Waals surface area contributed by atoms with Gasteiger partial charge >= 0.3 is 0 Å². The van der Waals surface area contributed by atoms with Crippen molar-refractivity contribution in [3.8, 4) is 0 Å². The van der Waals surface area contributed by atoms with Crippen LogP contribution in [0.4, 0.5) is 5.69 Å². The molecule has 78 valence electrons. The third kappa shape index (κ3) is 1.97. The van der Waals surface area contributed by atoms with Gasteiger partial charge in [-0.15, -0.1) is 6.58 Å². The van der Waals surface area contributed by atoms with Crippen molar-refractivity contribution >= 4 is 5.69 Å². The third-order valence-electron chi connectivity index (χ3n) is 2.39. The molecule has 0 spiro atoms. The number of aryl methyl sites for hydroxylation is 2. The highest BCUT2D eigenvalue weighted by atomic mass is 15.3. The highest BCUT2D eigenvalue weighted by molar-refractivity contribution is 5.48. The minimum atomic E-state index is 0.874. The number of anilines is 1. The molecule has 14 heavy (non-hydrogen) atoms. The highest BCUT2D eigenvalue weighted by Gasteiger charge is 2.11. The van der Waals surface area contributed by atoms with E-state index in [0.717, 1.165) is 42.9 Å². The number of nitrogens with zero attached hydrogens (tertiary/aromatic N) is 2. The molecule has 1 aromatic rings. The average molecular weight is 193 g/mol. The lowest BCUT2D eigenvalue weighted by Crippen LogP contribution is -2.04. The first kappa shape index (κ1) is 10.8. The molecule has 0 atom stereocenters. The molecule has 0 aliphatic rings. The topological polar surface area (TPSA) is 43.8 Å². The molecule has 3 nitrogen and oxygen atoms in total. The van der Waals surface area contributed by atoms with E-state index in [0.29, 0.717) is 0 Å². The normalized spacial score (nSPS) is 10.4. The fourth-order valence-electron chi connectivity index (χ4n) is 1.60. The van der Waals surface area contributed by atoms with E-state index in [-0.39, 0.29) is 0 Å². The molecule has 0 aliphatic heterocycles. The lowest BCUT2D eigenvalue weighted by Gasteiger charge is -2.03. The summed E-state index contributed by atoms with van der Waals surface area (Å²) in [5.74, 6) is 0. The van der Waals surface area contributed by atoms with Gasteiger partial charge in [0.05, 0.1) is 17.1 Å². The Labute approximate surface area is 85.6 Å². The summed E-state index contributed by atoms with van der Waals surface area (Å²) < 4.78 is 2.01. The van der Waals surface area contributed by atoms with Gasteiger partial charge in [0.2, 0.25) is 0 Å². The first-order chi connectivity index (χ1) is 6.74. The number of hydrogen-bond donors (Lipinski definition) is 1. The minimum Gasteiger partial charge on any atom is -0.396 e. The van der Waals surface area contributed by atoms with Crippen molar-refractivity contribution in [2.24, 2.45) is 0 Å². The van der Waals surface area contributed by atoms with Crippen LogP contribution in [0.5, 0.6) is 0 Å². The predicted molar refractivity (Wildman–Crippen MR) is 60.2 cm³/mol. The van der Waals surface area contributed by atoms with Crippen LogP contribution in [0.15, 0.2) is 12.7 Å². The molecule has 0 aliphatic carbocycles. The third-order valence-corrected chi connectivity index (χ3v) is 2.39. The summed E-state index contributed by atoms with van der Waals surface area (Å²) in [5.41, 5.74) is 9.04. The number of hydrogen-bond acceptors (Lipinski definition) is 2. The summed E-state index contributed by atoms with van der Waals surface area (Å²) in [7, 11) is 0. The Bertz CT molecular complexity index is 313. The quantitative estimate of drug-likeness (QED) is 0.728. The molecular formula is C11H19N3. The lowest BCUT2D eigenvalue weighted by molar-refractivity contribution is 0.589. The fraction of sp³-hybridized carbons (Fsp3) is 0.545. The van der Waals surface area contributed by atoms with Crippen molar-refractivity contribution in [1.82, 2.24) is 9.78 Å². The zero-order valence-electron chi connectivity index (χ0n) is 9.08. The fourth-order valence-corrected chi connectivity index (χ4v) is 1.60. The molecule has 3 heteroatoms. The van der Waals surface area contributed by atoms with Crippen LogP contribution in [0.2, 0.25) is 0 Å². The second kappa shape index (κ2) is 4.84. The predicted octanol–water partition coefficient (Wildman–Crippen LogP) is 2.17. The van der Waals surface area contributed by atoms with Crippen molar-refractivity contribution < 1.29 is 0 Å². The summed E-state index contributed by atoms with van der Waals surface area (Å²) in [4.78, 5) is 0. The molecule has 1 heterocycles. The van der Waals surface area contributed by atoms with E-state index in [1.807, 2.05) is 10.8 Å². The van der Waals surface area contributed by atoms with Crippen LogP contribution in [0.25, 0.3) is 0 Å². The van der Waals surface area contributed by atoms with Gasteiger partial charge in [0, 0.05) is 6.54 Å². The van der Waals surface area contributed by atoms with Gasteiger partial charge in [0.25, 0.3) is 0 Å². The Hall–Kier alpha value is -1.25. The van der Waals surface area contributed by atoms with Gasteiger partial charge in [-0.05, 0) is 19.3 Å². The van der Waals surface area contributed by atoms with E-state index >= 15 is 0 Å². The Balaban J connectivity index is 2.96. The SMILES string of the molecule is C=CCCn1nc(CC)c(N)c1CC. The second-order valence-corrected chi connectivity index (χ2v) is 3.31. The van der Waals surface area contributed by atoms with Crippen LogP contribution in [-0.4, -0.2) is 9.78 Å². The summed E-state index contributed by atoms with van der Waals surface area (Å²) in [5, 5.41) is 4.48. The van der Waals surface area contributed by atoms with E-state index in [9.17, 15) is 0 Å². The monoisotopic (exact) mass is 193 g/mol. The Kier molecular flexibility index (Phi) is 3.74. The molecule has 0 saturated carbocycles. The van der Waals surface area contributed by atoms with Gasteiger partial charge in [-0.1, -0.05) is 19.9 Å². The average Bonchev–Trinajstić information content (AvgIpc) is 2.51. The van der Waals surface area contributed by atoms with Crippen LogP contribution >= 0.6 is 0 Å². The molecule has 0 amide bonds. The Morgan fingerprint density at radius 2 is 2.14 bits per heavy atom. The maximum atomic E-state index is 5.99.